The number of rotatable bonds is 3. The van der Waals surface area contributed by atoms with Gasteiger partial charge in [0.05, 0.1) is 11.0 Å². The number of hydrogen-bond donors (Lipinski definition) is 3. The van der Waals surface area contributed by atoms with Crippen LogP contribution in [0.25, 0.3) is 33.5 Å². The van der Waals surface area contributed by atoms with Gasteiger partial charge in [-0.2, -0.15) is 0 Å². The van der Waals surface area contributed by atoms with Gasteiger partial charge in [-0.1, -0.05) is 30.3 Å². The van der Waals surface area contributed by atoms with Crippen LogP contribution in [0.4, 0.5) is 5.69 Å². The van der Waals surface area contributed by atoms with E-state index in [9.17, 15) is 9.90 Å². The van der Waals surface area contributed by atoms with Crippen LogP contribution in [0.3, 0.4) is 0 Å². The zero-order valence-corrected chi connectivity index (χ0v) is 14.2. The third-order valence-electron chi connectivity index (χ3n) is 4.14. The first-order valence-corrected chi connectivity index (χ1v) is 8.26. The Morgan fingerprint density at radius 2 is 1.73 bits per heavy atom. The summed E-state index contributed by atoms with van der Waals surface area (Å²) in [5.41, 5.74) is 5.50. The lowest BCUT2D eigenvalue weighted by Gasteiger charge is -2.03. The number of phenolic OH excluding ortho intramolecular Hbond substituents is 1. The number of amides is 1. The molecule has 0 aliphatic carbocycles. The Kier molecular flexibility index (Phi) is 3.89. The first-order valence-electron chi connectivity index (χ1n) is 8.26. The van der Waals surface area contributed by atoms with Gasteiger partial charge in [0.25, 0.3) is 0 Å². The maximum absolute atomic E-state index is 11.2. The number of H-pyrrole nitrogens is 1. The van der Waals surface area contributed by atoms with Gasteiger partial charge in [-0.25, -0.2) is 4.98 Å². The van der Waals surface area contributed by atoms with Crippen LogP contribution in [0.5, 0.6) is 5.75 Å². The summed E-state index contributed by atoms with van der Waals surface area (Å²) >= 11 is 0. The highest BCUT2D eigenvalue weighted by molar-refractivity contribution is 5.90. The molecule has 1 heterocycles. The molecule has 3 N–H and O–H groups in total. The van der Waals surface area contributed by atoms with Gasteiger partial charge >= 0.3 is 0 Å². The summed E-state index contributed by atoms with van der Waals surface area (Å²) in [6, 6.07) is 20.7. The van der Waals surface area contributed by atoms with Crippen LogP contribution in [0.2, 0.25) is 0 Å². The molecule has 0 aliphatic heterocycles. The first kappa shape index (κ1) is 15.9. The van der Waals surface area contributed by atoms with Crippen molar-refractivity contribution in [1.82, 2.24) is 9.97 Å². The van der Waals surface area contributed by atoms with Crippen molar-refractivity contribution < 1.29 is 9.90 Å². The highest BCUT2D eigenvalue weighted by Gasteiger charge is 2.08. The van der Waals surface area contributed by atoms with E-state index in [1.54, 1.807) is 12.1 Å². The molecule has 0 saturated carbocycles. The minimum atomic E-state index is -0.106. The Hall–Kier alpha value is -3.60. The van der Waals surface area contributed by atoms with Crippen molar-refractivity contribution >= 4 is 22.6 Å². The summed E-state index contributed by atoms with van der Waals surface area (Å²) in [5, 5.41) is 12.2. The molecule has 1 aromatic heterocycles. The molecule has 4 aromatic rings. The molecule has 128 valence electrons. The Bertz CT molecular complexity index is 1100. The summed E-state index contributed by atoms with van der Waals surface area (Å²) in [6.07, 6.45) is 0. The maximum atomic E-state index is 11.2. The van der Waals surface area contributed by atoms with Gasteiger partial charge in [-0.05, 0) is 47.5 Å². The van der Waals surface area contributed by atoms with Crippen molar-refractivity contribution in [2.45, 2.75) is 6.92 Å². The van der Waals surface area contributed by atoms with Crippen LogP contribution in [0.1, 0.15) is 6.92 Å². The number of benzene rings is 3. The molecule has 0 bridgehead atoms. The molecule has 4 rings (SSSR count). The van der Waals surface area contributed by atoms with Crippen molar-refractivity contribution in [3.05, 3.63) is 66.7 Å². The van der Waals surface area contributed by atoms with Crippen LogP contribution in [-0.4, -0.2) is 21.0 Å². The average molecular weight is 343 g/mol. The summed E-state index contributed by atoms with van der Waals surface area (Å²) in [4.78, 5) is 19.2. The number of hydrogen-bond acceptors (Lipinski definition) is 3. The van der Waals surface area contributed by atoms with Gasteiger partial charge in [0, 0.05) is 18.2 Å². The topological polar surface area (TPSA) is 78.0 Å². The highest BCUT2D eigenvalue weighted by Crippen LogP contribution is 2.28. The zero-order chi connectivity index (χ0) is 18.1. The van der Waals surface area contributed by atoms with Crippen molar-refractivity contribution in [2.75, 3.05) is 5.32 Å². The average Bonchev–Trinajstić information content (AvgIpc) is 3.05. The van der Waals surface area contributed by atoms with E-state index < -0.39 is 0 Å². The number of fused-ring (bicyclic) bond motifs is 1. The fraction of sp³-hybridized carbons (Fsp3) is 0.0476. The summed E-state index contributed by atoms with van der Waals surface area (Å²) in [7, 11) is 0. The Balaban J connectivity index is 1.72. The minimum Gasteiger partial charge on any atom is -0.508 e. The molecule has 0 radical (unpaired) electrons. The van der Waals surface area contributed by atoms with Crippen LogP contribution < -0.4 is 5.32 Å². The highest BCUT2D eigenvalue weighted by atomic mass is 16.3. The third kappa shape index (κ3) is 3.15. The SMILES string of the molecule is CC(=O)Nc1cccc(-c2nc3ccc(-c4ccc(O)cc4)cc3[nH]2)c1. The van der Waals surface area contributed by atoms with E-state index in [0.29, 0.717) is 0 Å². The van der Waals surface area contributed by atoms with Crippen molar-refractivity contribution in [3.63, 3.8) is 0 Å². The Morgan fingerprint density at radius 3 is 2.50 bits per heavy atom. The number of imidazole rings is 1. The molecule has 0 unspecified atom stereocenters. The quantitative estimate of drug-likeness (QED) is 0.510. The number of aromatic hydroxyl groups is 1. The number of aromatic nitrogens is 2. The van der Waals surface area contributed by atoms with Crippen LogP contribution in [0, 0.1) is 0 Å². The number of nitrogens with zero attached hydrogens (tertiary/aromatic N) is 1. The fourth-order valence-corrected chi connectivity index (χ4v) is 2.93. The smallest absolute Gasteiger partial charge is 0.221 e. The van der Waals surface area contributed by atoms with E-state index in [0.717, 1.165) is 39.2 Å². The van der Waals surface area contributed by atoms with Crippen LogP contribution >= 0.6 is 0 Å². The molecule has 5 nitrogen and oxygen atoms in total. The second-order valence-corrected chi connectivity index (χ2v) is 6.13. The Morgan fingerprint density at radius 1 is 0.962 bits per heavy atom. The van der Waals surface area contributed by atoms with E-state index in [1.807, 2.05) is 54.6 Å². The molecule has 5 heteroatoms. The number of carbonyl (C=O) groups is 1. The number of aromatic amines is 1. The van der Waals surface area contributed by atoms with Crippen molar-refractivity contribution in [1.29, 1.82) is 0 Å². The van der Waals surface area contributed by atoms with E-state index >= 15 is 0 Å². The number of nitrogens with one attached hydrogen (secondary N) is 2. The molecule has 26 heavy (non-hydrogen) atoms. The molecular weight excluding hydrogens is 326 g/mol. The fourth-order valence-electron chi connectivity index (χ4n) is 2.93. The van der Waals surface area contributed by atoms with E-state index in [1.165, 1.54) is 6.92 Å². The molecular formula is C21H17N3O2. The third-order valence-corrected chi connectivity index (χ3v) is 4.14. The second-order valence-electron chi connectivity index (χ2n) is 6.13. The lowest BCUT2D eigenvalue weighted by atomic mass is 10.1. The van der Waals surface area contributed by atoms with Gasteiger partial charge in [0.15, 0.2) is 0 Å². The van der Waals surface area contributed by atoms with Crippen molar-refractivity contribution in [2.24, 2.45) is 0 Å². The Labute approximate surface area is 150 Å². The van der Waals surface area contributed by atoms with E-state index in [-0.39, 0.29) is 11.7 Å². The lowest BCUT2D eigenvalue weighted by Crippen LogP contribution is -2.05. The monoisotopic (exact) mass is 343 g/mol. The van der Waals surface area contributed by atoms with Crippen molar-refractivity contribution in [3.8, 4) is 28.3 Å². The van der Waals surface area contributed by atoms with Gasteiger partial charge in [-0.3, -0.25) is 4.79 Å². The molecule has 0 saturated heterocycles. The zero-order valence-electron chi connectivity index (χ0n) is 14.2. The molecule has 3 aromatic carbocycles. The first-order chi connectivity index (χ1) is 12.6. The van der Waals surface area contributed by atoms with Gasteiger partial charge in [-0.15, -0.1) is 0 Å². The summed E-state index contributed by atoms with van der Waals surface area (Å²) in [5.74, 6) is 0.887. The van der Waals surface area contributed by atoms with Crippen LogP contribution in [0.15, 0.2) is 66.7 Å². The van der Waals surface area contributed by atoms with Gasteiger partial charge in [0.1, 0.15) is 11.6 Å². The molecule has 1 amide bonds. The largest absolute Gasteiger partial charge is 0.508 e. The number of phenols is 1. The summed E-state index contributed by atoms with van der Waals surface area (Å²) in [6.45, 7) is 1.48. The molecule has 0 aliphatic rings. The predicted molar refractivity (Wildman–Crippen MR) is 103 cm³/mol. The number of anilines is 1. The van der Waals surface area contributed by atoms with Crippen LogP contribution in [-0.2, 0) is 4.79 Å². The van der Waals surface area contributed by atoms with Gasteiger partial charge < -0.3 is 15.4 Å². The predicted octanol–water partition coefficient (Wildman–Crippen LogP) is 4.56. The maximum Gasteiger partial charge on any atom is 0.221 e. The van der Waals surface area contributed by atoms with E-state index in [4.69, 9.17) is 0 Å². The normalized spacial score (nSPS) is 10.8. The molecule has 0 spiro atoms. The second kappa shape index (κ2) is 6.37. The minimum absolute atomic E-state index is 0.106. The van der Waals surface area contributed by atoms with Gasteiger partial charge in [0.2, 0.25) is 5.91 Å². The van der Waals surface area contributed by atoms with E-state index in [2.05, 4.69) is 15.3 Å². The standard InChI is InChI=1S/C21H17N3O2/c1-13(25)22-17-4-2-3-16(11-17)21-23-19-10-7-15(12-20(19)24-21)14-5-8-18(26)9-6-14/h2-12,26H,1H3,(H,22,25)(H,23,24). The number of carbonyl (C=O) groups excluding carboxylic acids is 1. The molecule has 0 fully saturated rings. The summed E-state index contributed by atoms with van der Waals surface area (Å²) < 4.78 is 0. The lowest BCUT2D eigenvalue weighted by molar-refractivity contribution is -0.114. The molecule has 0 atom stereocenters.